The van der Waals surface area contributed by atoms with Crippen LogP contribution in [0.25, 0.3) is 43.8 Å². The van der Waals surface area contributed by atoms with E-state index in [1.54, 1.807) is 0 Å². The third-order valence-corrected chi connectivity index (χ3v) is 6.45. The van der Waals surface area contributed by atoms with Crippen LogP contribution < -0.4 is 0 Å². The lowest BCUT2D eigenvalue weighted by Crippen LogP contribution is -2.12. The molecular formula is C26F18. The SMILES string of the molecule is Fc1c(F)c(F)c(-c2c(F)c(F)c(F)c(F)c2-c2c(F)c(F)c(F)c3c(F)c4c(F)c(F)c(F)c(F)c4c(F)c23)c(F)c1F. The number of halogens is 18. The molecule has 0 saturated heterocycles. The first kappa shape index (κ1) is 30.8. The second-order valence-electron chi connectivity index (χ2n) is 8.65. The highest BCUT2D eigenvalue weighted by Crippen LogP contribution is 2.49. The van der Waals surface area contributed by atoms with E-state index >= 15 is 22.0 Å². The second kappa shape index (κ2) is 9.95. The van der Waals surface area contributed by atoms with Crippen molar-refractivity contribution in [2.75, 3.05) is 0 Å². The highest BCUT2D eigenvalue weighted by Gasteiger charge is 2.39. The largest absolute Gasteiger partial charge is 0.205 e. The Kier molecular flexibility index (Phi) is 6.97. The number of hydrogen-bond acceptors (Lipinski definition) is 0. The molecule has 0 aromatic heterocycles. The molecule has 0 bridgehead atoms. The van der Waals surface area contributed by atoms with Crippen LogP contribution in [0.1, 0.15) is 0 Å². The molecule has 5 aromatic rings. The van der Waals surface area contributed by atoms with Crippen LogP contribution >= 0.6 is 0 Å². The van der Waals surface area contributed by atoms with E-state index in [4.69, 9.17) is 0 Å². The Morgan fingerprint density at radius 1 is 0.136 bits per heavy atom. The van der Waals surface area contributed by atoms with E-state index in [-0.39, 0.29) is 0 Å². The summed E-state index contributed by atoms with van der Waals surface area (Å²) >= 11 is 0. The predicted molar refractivity (Wildman–Crippen MR) is 112 cm³/mol. The molecule has 18 heteroatoms. The van der Waals surface area contributed by atoms with Gasteiger partial charge in [-0.25, -0.2) is 79.0 Å². The Labute approximate surface area is 228 Å². The van der Waals surface area contributed by atoms with Gasteiger partial charge in [0.1, 0.15) is 11.6 Å². The van der Waals surface area contributed by atoms with E-state index < -0.39 is 149 Å². The standard InChI is InChI=1S/C26F18/c27-9-3-1(11(29)19(37)14(32)5(3)10(28)8-7(9)17(35)22(40)23(41)18(8)36)2-4(13(31)21(39)20(38)12(2)30)6-15(33)24(42)26(44)25(43)16(6)34. The molecule has 0 N–H and O–H groups in total. The summed E-state index contributed by atoms with van der Waals surface area (Å²) in [5, 5.41) is -9.69. The molecule has 0 saturated carbocycles. The summed E-state index contributed by atoms with van der Waals surface area (Å²) in [6, 6.07) is 0. The molecule has 0 amide bonds. The van der Waals surface area contributed by atoms with Crippen molar-refractivity contribution in [3.05, 3.63) is 105 Å². The van der Waals surface area contributed by atoms with Gasteiger partial charge in [0.2, 0.25) is 5.82 Å². The minimum Gasteiger partial charge on any atom is -0.205 e. The molecule has 44 heavy (non-hydrogen) atoms. The molecule has 0 nitrogen and oxygen atoms in total. The van der Waals surface area contributed by atoms with E-state index in [1.165, 1.54) is 0 Å². The third kappa shape index (κ3) is 3.71. The lowest BCUT2D eigenvalue weighted by molar-refractivity contribution is 0.379. The van der Waals surface area contributed by atoms with Crippen molar-refractivity contribution < 1.29 is 79.0 Å². The van der Waals surface area contributed by atoms with Gasteiger partial charge in [-0.15, -0.1) is 0 Å². The molecular weight excluding hydrogens is 654 g/mol. The van der Waals surface area contributed by atoms with Gasteiger partial charge < -0.3 is 0 Å². The van der Waals surface area contributed by atoms with Gasteiger partial charge in [-0.1, -0.05) is 0 Å². The molecule has 0 atom stereocenters. The zero-order valence-electron chi connectivity index (χ0n) is 19.8. The highest BCUT2D eigenvalue weighted by atomic mass is 19.2. The van der Waals surface area contributed by atoms with Crippen LogP contribution in [-0.2, 0) is 0 Å². The van der Waals surface area contributed by atoms with E-state index in [2.05, 4.69) is 0 Å². The van der Waals surface area contributed by atoms with Gasteiger partial charge >= 0.3 is 0 Å². The summed E-state index contributed by atoms with van der Waals surface area (Å²) in [6.07, 6.45) is 0. The average Bonchev–Trinajstić information content (AvgIpc) is 2.99. The summed E-state index contributed by atoms with van der Waals surface area (Å²) in [6.45, 7) is 0. The Morgan fingerprint density at radius 2 is 0.341 bits per heavy atom. The van der Waals surface area contributed by atoms with E-state index in [0.717, 1.165) is 0 Å². The summed E-state index contributed by atoms with van der Waals surface area (Å²) in [5.41, 5.74) is -10.9. The van der Waals surface area contributed by atoms with Crippen molar-refractivity contribution in [1.29, 1.82) is 0 Å². The summed E-state index contributed by atoms with van der Waals surface area (Å²) < 4.78 is 262. The molecule has 0 aliphatic carbocycles. The lowest BCUT2D eigenvalue weighted by Gasteiger charge is -2.20. The van der Waals surface area contributed by atoms with Gasteiger partial charge in [-0.3, -0.25) is 0 Å². The van der Waals surface area contributed by atoms with Crippen LogP contribution in [0, 0.1) is 105 Å². The molecule has 230 valence electrons. The molecule has 0 aliphatic rings. The summed E-state index contributed by atoms with van der Waals surface area (Å²) in [4.78, 5) is 0. The fraction of sp³-hybridized carbons (Fsp3) is 0. The van der Waals surface area contributed by atoms with Crippen molar-refractivity contribution in [1.82, 2.24) is 0 Å². The Bertz CT molecular complexity index is 2120. The maximum Gasteiger partial charge on any atom is 0.200 e. The minimum absolute atomic E-state index is 2.33. The highest BCUT2D eigenvalue weighted by molar-refractivity contribution is 6.09. The van der Waals surface area contributed by atoms with Crippen LogP contribution in [-0.4, -0.2) is 0 Å². The Hall–Kier alpha value is -4.64. The van der Waals surface area contributed by atoms with Crippen molar-refractivity contribution in [2.24, 2.45) is 0 Å². The number of hydrogen-bond donors (Lipinski definition) is 0. The molecule has 0 spiro atoms. The first-order valence-electron chi connectivity index (χ1n) is 10.9. The molecule has 5 rings (SSSR count). The van der Waals surface area contributed by atoms with Crippen LogP contribution in [0.15, 0.2) is 0 Å². The van der Waals surface area contributed by atoms with Crippen molar-refractivity contribution >= 4 is 21.5 Å². The number of benzene rings is 5. The van der Waals surface area contributed by atoms with Crippen LogP contribution in [0.2, 0.25) is 0 Å². The maximum absolute atomic E-state index is 15.7. The monoisotopic (exact) mass is 654 g/mol. The first-order valence-corrected chi connectivity index (χ1v) is 10.9. The zero-order valence-corrected chi connectivity index (χ0v) is 19.8. The van der Waals surface area contributed by atoms with Crippen LogP contribution in [0.4, 0.5) is 79.0 Å². The smallest absolute Gasteiger partial charge is 0.200 e. The Balaban J connectivity index is 2.20. The maximum atomic E-state index is 15.7. The topological polar surface area (TPSA) is 0 Å². The molecule has 0 fully saturated rings. The summed E-state index contributed by atoms with van der Waals surface area (Å²) in [5.74, 6) is -54.2. The molecule has 0 heterocycles. The number of rotatable bonds is 2. The minimum atomic E-state index is -3.16. The Morgan fingerprint density at radius 3 is 0.727 bits per heavy atom. The quantitative estimate of drug-likeness (QED) is 0.0770. The predicted octanol–water partition coefficient (Wildman–Crippen LogP) is 9.83. The van der Waals surface area contributed by atoms with Crippen molar-refractivity contribution in [2.45, 2.75) is 0 Å². The van der Waals surface area contributed by atoms with Crippen LogP contribution in [0.5, 0.6) is 0 Å². The molecule has 0 aliphatic heterocycles. The average molecular weight is 654 g/mol. The van der Waals surface area contributed by atoms with E-state index in [0.29, 0.717) is 0 Å². The van der Waals surface area contributed by atoms with Crippen molar-refractivity contribution in [3.63, 3.8) is 0 Å². The van der Waals surface area contributed by atoms with Gasteiger partial charge in [-0.2, -0.15) is 0 Å². The van der Waals surface area contributed by atoms with E-state index in [9.17, 15) is 57.1 Å². The van der Waals surface area contributed by atoms with Gasteiger partial charge in [0.15, 0.2) is 87.3 Å². The normalized spacial score (nSPS) is 11.9. The second-order valence-corrected chi connectivity index (χ2v) is 8.65. The van der Waals surface area contributed by atoms with Crippen LogP contribution in [0.3, 0.4) is 0 Å². The zero-order chi connectivity index (χ0) is 33.0. The first-order chi connectivity index (χ1) is 20.4. The molecule has 0 radical (unpaired) electrons. The lowest BCUT2D eigenvalue weighted by atomic mass is 9.87. The van der Waals surface area contributed by atoms with E-state index in [1.807, 2.05) is 0 Å². The fourth-order valence-corrected chi connectivity index (χ4v) is 4.54. The fourth-order valence-electron chi connectivity index (χ4n) is 4.54. The molecule has 5 aromatic carbocycles. The third-order valence-electron chi connectivity index (χ3n) is 6.45. The molecule has 0 unspecified atom stereocenters. The van der Waals surface area contributed by atoms with Gasteiger partial charge in [0.25, 0.3) is 0 Å². The van der Waals surface area contributed by atoms with Gasteiger partial charge in [-0.05, 0) is 0 Å². The van der Waals surface area contributed by atoms with Gasteiger partial charge in [0, 0.05) is 22.1 Å². The number of fused-ring (bicyclic) bond motifs is 2. The van der Waals surface area contributed by atoms with Gasteiger partial charge in [0.05, 0.1) is 21.7 Å². The summed E-state index contributed by atoms with van der Waals surface area (Å²) in [7, 11) is 0. The van der Waals surface area contributed by atoms with Crippen molar-refractivity contribution in [3.8, 4) is 22.3 Å².